The van der Waals surface area contributed by atoms with Gasteiger partial charge in [0.15, 0.2) is 19.9 Å². The van der Waals surface area contributed by atoms with Gasteiger partial charge in [0.2, 0.25) is 0 Å². The van der Waals surface area contributed by atoms with Gasteiger partial charge in [-0.3, -0.25) is 4.79 Å². The zero-order chi connectivity index (χ0) is 24.8. The number of carbonyl (C=O) groups is 1. The molecule has 0 rings (SSSR count). The van der Waals surface area contributed by atoms with Crippen LogP contribution in [0.15, 0.2) is 0 Å². The van der Waals surface area contributed by atoms with Crippen molar-refractivity contribution >= 4 is 25.3 Å². The fraction of sp³-hybridized carbons (Fsp3) is 0.957. The maximum atomic E-state index is 12.0. The predicted octanol–water partition coefficient (Wildman–Crippen LogP) is 5.06. The molecule has 1 atom stereocenters. The number of hydrogen-bond donors (Lipinski definition) is 0. The van der Waals surface area contributed by atoms with Crippen LogP contribution in [0.5, 0.6) is 0 Å². The van der Waals surface area contributed by atoms with Crippen molar-refractivity contribution in [2.75, 3.05) is 46.2 Å². The molecule has 0 fully saturated rings. The molecule has 0 saturated heterocycles. The van der Waals surface area contributed by atoms with E-state index in [0.717, 1.165) is 6.54 Å². The van der Waals surface area contributed by atoms with Crippen molar-refractivity contribution in [1.29, 1.82) is 0 Å². The molecule has 0 aromatic carbocycles. The van der Waals surface area contributed by atoms with E-state index in [0.29, 0.717) is 56.2 Å². The van der Waals surface area contributed by atoms with E-state index >= 15 is 0 Å². The summed E-state index contributed by atoms with van der Waals surface area (Å²) in [6.45, 7) is 21.9. The van der Waals surface area contributed by atoms with Gasteiger partial charge in [-0.15, -0.1) is 0 Å². The van der Waals surface area contributed by atoms with Gasteiger partial charge < -0.3 is 18.9 Å². The Labute approximate surface area is 203 Å². The van der Waals surface area contributed by atoms with Gasteiger partial charge in [-0.1, -0.05) is 11.8 Å². The Bertz CT molecular complexity index is 460. The van der Waals surface area contributed by atoms with Gasteiger partial charge in [-0.2, -0.15) is 0 Å². The Hall–Kier alpha value is 0.210. The highest BCUT2D eigenvalue weighted by Crippen LogP contribution is 2.50. The summed E-state index contributed by atoms with van der Waals surface area (Å²) in [5.41, 5.74) is 0. The molecular formula is C23H50N3O4PS. The van der Waals surface area contributed by atoms with Gasteiger partial charge in [0.05, 0.1) is 6.61 Å². The van der Waals surface area contributed by atoms with E-state index in [1.165, 1.54) is 11.8 Å². The van der Waals surface area contributed by atoms with E-state index < -0.39 is 14.7 Å². The topological polar surface area (TPSA) is 54.5 Å². The quantitative estimate of drug-likeness (QED) is 0.149. The molecule has 0 aliphatic rings. The van der Waals surface area contributed by atoms with E-state index in [9.17, 15) is 4.79 Å². The number of rotatable bonds is 18. The first-order chi connectivity index (χ1) is 14.9. The van der Waals surface area contributed by atoms with Crippen LogP contribution in [-0.2, 0) is 18.8 Å². The largest absolute Gasteiger partial charge is 0.351 e. The number of carbonyl (C=O) groups excluding carboxylic acids is 1. The lowest BCUT2D eigenvalue weighted by molar-refractivity contribution is -0.152. The highest BCUT2D eigenvalue weighted by molar-refractivity contribution is 8.13. The summed E-state index contributed by atoms with van der Waals surface area (Å²) in [6, 6.07) is 1.43. The molecule has 1 unspecified atom stereocenters. The second-order valence-corrected chi connectivity index (χ2v) is 12.1. The van der Waals surface area contributed by atoms with E-state index in [1.807, 2.05) is 25.9 Å². The average molecular weight is 496 g/mol. The zero-order valence-corrected chi connectivity index (χ0v) is 24.2. The molecule has 9 heteroatoms. The first-order valence-electron chi connectivity index (χ1n) is 11.9. The van der Waals surface area contributed by atoms with E-state index in [-0.39, 0.29) is 5.12 Å². The van der Waals surface area contributed by atoms with Gasteiger partial charge in [0.1, 0.15) is 6.61 Å². The Morgan fingerprint density at radius 1 is 0.875 bits per heavy atom. The number of ether oxygens (including phenoxy) is 2. The molecule has 0 aromatic heterocycles. The second kappa shape index (κ2) is 17.6. The van der Waals surface area contributed by atoms with Gasteiger partial charge in [-0.25, -0.2) is 9.34 Å². The SMILES string of the molecule is CCOC(COP(N(C(C)C)C(C)C)N(C(C)C)C(C)C)OCCSC(=O)CCN(C)C. The van der Waals surface area contributed by atoms with Crippen LogP contribution >= 0.6 is 20.2 Å². The van der Waals surface area contributed by atoms with Crippen LogP contribution in [0.1, 0.15) is 68.7 Å². The molecule has 0 bridgehead atoms. The number of hydrogen-bond acceptors (Lipinski definition) is 8. The van der Waals surface area contributed by atoms with Crippen LogP contribution in [0.4, 0.5) is 0 Å². The smallest absolute Gasteiger partial charge is 0.190 e. The van der Waals surface area contributed by atoms with Gasteiger partial charge in [0, 0.05) is 49.5 Å². The molecule has 32 heavy (non-hydrogen) atoms. The van der Waals surface area contributed by atoms with Crippen molar-refractivity contribution in [3.05, 3.63) is 0 Å². The molecule has 0 radical (unpaired) electrons. The van der Waals surface area contributed by atoms with Crippen LogP contribution < -0.4 is 0 Å². The molecule has 0 N–H and O–H groups in total. The summed E-state index contributed by atoms with van der Waals surface area (Å²) in [5.74, 6) is 0.624. The first-order valence-corrected chi connectivity index (χ1v) is 14.1. The molecule has 192 valence electrons. The predicted molar refractivity (Wildman–Crippen MR) is 139 cm³/mol. The molecule has 7 nitrogen and oxygen atoms in total. The molecule has 0 aliphatic heterocycles. The first kappa shape index (κ1) is 32.2. The highest BCUT2D eigenvalue weighted by Gasteiger charge is 2.35. The lowest BCUT2D eigenvalue weighted by Crippen LogP contribution is -2.44. The Morgan fingerprint density at radius 3 is 1.78 bits per heavy atom. The molecule has 0 amide bonds. The fourth-order valence-corrected chi connectivity index (χ4v) is 6.40. The highest BCUT2D eigenvalue weighted by atomic mass is 32.2. The normalized spacial score (nSPS) is 13.8. The summed E-state index contributed by atoms with van der Waals surface area (Å²) in [6.07, 6.45) is 0.116. The van der Waals surface area contributed by atoms with Crippen molar-refractivity contribution in [1.82, 2.24) is 14.2 Å². The van der Waals surface area contributed by atoms with Crippen molar-refractivity contribution in [3.63, 3.8) is 0 Å². The minimum atomic E-state index is -0.986. The lowest BCUT2D eigenvalue weighted by Gasteiger charge is -2.45. The van der Waals surface area contributed by atoms with Crippen LogP contribution in [0.25, 0.3) is 0 Å². The number of thioether (sulfide) groups is 1. The minimum absolute atomic E-state index is 0.198. The average Bonchev–Trinajstić information content (AvgIpc) is 2.66. The van der Waals surface area contributed by atoms with Gasteiger partial charge in [0.25, 0.3) is 0 Å². The van der Waals surface area contributed by atoms with Crippen molar-refractivity contribution < 1.29 is 18.8 Å². The Balaban J connectivity index is 5.03. The molecule has 0 spiro atoms. The maximum absolute atomic E-state index is 12.0. The van der Waals surface area contributed by atoms with E-state index in [2.05, 4.69) is 64.7 Å². The molecule has 0 heterocycles. The summed E-state index contributed by atoms with van der Waals surface area (Å²) in [7, 11) is 2.96. The third-order valence-electron chi connectivity index (χ3n) is 4.60. The Kier molecular flexibility index (Phi) is 17.7. The number of nitrogens with zero attached hydrogens (tertiary/aromatic N) is 3. The lowest BCUT2D eigenvalue weighted by atomic mass is 10.3. The van der Waals surface area contributed by atoms with Gasteiger partial charge >= 0.3 is 0 Å². The summed E-state index contributed by atoms with van der Waals surface area (Å²) < 4.78 is 23.2. The van der Waals surface area contributed by atoms with Crippen molar-refractivity contribution in [2.24, 2.45) is 0 Å². The zero-order valence-electron chi connectivity index (χ0n) is 22.5. The summed E-state index contributed by atoms with van der Waals surface area (Å²) in [4.78, 5) is 14.0. The summed E-state index contributed by atoms with van der Waals surface area (Å²) in [5, 5.41) is 0.198. The molecule has 0 saturated carbocycles. The van der Waals surface area contributed by atoms with Crippen LogP contribution in [-0.4, -0.2) is 96.0 Å². The third-order valence-corrected chi connectivity index (χ3v) is 8.52. The van der Waals surface area contributed by atoms with Crippen molar-refractivity contribution in [2.45, 2.75) is 99.2 Å². The Morgan fingerprint density at radius 2 is 1.38 bits per heavy atom. The maximum Gasteiger partial charge on any atom is 0.190 e. The van der Waals surface area contributed by atoms with E-state index in [4.69, 9.17) is 14.0 Å². The minimum Gasteiger partial charge on any atom is -0.351 e. The monoisotopic (exact) mass is 495 g/mol. The second-order valence-electron chi connectivity index (χ2n) is 9.21. The fourth-order valence-electron chi connectivity index (χ4n) is 3.42. The molecule has 0 aliphatic carbocycles. The van der Waals surface area contributed by atoms with Crippen molar-refractivity contribution in [3.8, 4) is 0 Å². The standard InChI is InChI=1S/C23H50N3O4PS/c1-12-28-23(29-15-16-32-22(27)13-14-24(10)11)17-30-31(25(18(2)3)19(4)5)26(20(6)7)21(8)9/h18-21,23H,12-17H2,1-11H3. The molecular weight excluding hydrogens is 445 g/mol. The van der Waals surface area contributed by atoms with Crippen LogP contribution in [0.2, 0.25) is 0 Å². The van der Waals surface area contributed by atoms with Crippen LogP contribution in [0.3, 0.4) is 0 Å². The third kappa shape index (κ3) is 13.2. The van der Waals surface area contributed by atoms with Gasteiger partial charge in [-0.05, 0) is 76.4 Å². The van der Waals surface area contributed by atoms with E-state index in [1.54, 1.807) is 0 Å². The molecule has 0 aromatic rings. The summed E-state index contributed by atoms with van der Waals surface area (Å²) >= 11 is 1.33. The van der Waals surface area contributed by atoms with Crippen LogP contribution in [0, 0.1) is 0 Å².